The molecular formula is C19H15F3N2O. The molecule has 6 heteroatoms. The molecule has 0 bridgehead atoms. The average molecular weight is 344 g/mol. The number of fused-ring (bicyclic) bond motifs is 1. The topological polar surface area (TPSA) is 44.9 Å². The van der Waals surface area contributed by atoms with E-state index in [4.69, 9.17) is 0 Å². The number of aromatic nitrogens is 1. The van der Waals surface area contributed by atoms with E-state index in [-0.39, 0.29) is 24.6 Å². The van der Waals surface area contributed by atoms with Crippen LogP contribution in [0, 0.1) is 5.82 Å². The van der Waals surface area contributed by atoms with Gasteiger partial charge in [0.15, 0.2) is 0 Å². The van der Waals surface area contributed by atoms with Crippen LogP contribution < -0.4 is 5.32 Å². The van der Waals surface area contributed by atoms with Crippen LogP contribution in [0.15, 0.2) is 48.7 Å². The minimum absolute atomic E-state index is 0.303. The molecule has 3 aromatic rings. The molecule has 128 valence electrons. The van der Waals surface area contributed by atoms with Crippen molar-refractivity contribution < 1.29 is 18.0 Å². The van der Waals surface area contributed by atoms with Gasteiger partial charge in [-0.05, 0) is 35.9 Å². The normalized spacial score (nSPS) is 16.6. The quantitative estimate of drug-likeness (QED) is 0.722. The van der Waals surface area contributed by atoms with Crippen LogP contribution in [0.25, 0.3) is 22.0 Å². The number of aromatic amines is 1. The molecule has 1 heterocycles. The molecule has 4 rings (SSSR count). The number of carbonyl (C=O) groups is 1. The summed E-state index contributed by atoms with van der Waals surface area (Å²) in [7, 11) is 0. The Balaban J connectivity index is 1.52. The summed E-state index contributed by atoms with van der Waals surface area (Å²) in [6.45, 7) is 0. The fraction of sp³-hybridized carbons (Fsp3) is 0.211. The van der Waals surface area contributed by atoms with E-state index in [2.05, 4.69) is 10.3 Å². The van der Waals surface area contributed by atoms with Crippen molar-refractivity contribution in [1.82, 2.24) is 10.3 Å². The highest BCUT2D eigenvalue weighted by atomic mass is 19.3. The summed E-state index contributed by atoms with van der Waals surface area (Å²) in [5.41, 5.74) is 2.90. The number of benzene rings is 2. The molecule has 0 radical (unpaired) electrons. The van der Waals surface area contributed by atoms with E-state index in [0.29, 0.717) is 11.1 Å². The maximum atomic E-state index is 13.3. The number of rotatable bonds is 3. The lowest BCUT2D eigenvalue weighted by atomic mass is 9.88. The van der Waals surface area contributed by atoms with Crippen LogP contribution in [-0.2, 0) is 0 Å². The zero-order valence-corrected chi connectivity index (χ0v) is 13.2. The fourth-order valence-electron chi connectivity index (χ4n) is 3.17. The van der Waals surface area contributed by atoms with Crippen molar-refractivity contribution in [2.75, 3.05) is 0 Å². The van der Waals surface area contributed by atoms with Gasteiger partial charge in [-0.25, -0.2) is 13.2 Å². The predicted octanol–water partition coefficient (Wildman–Crippen LogP) is 4.50. The van der Waals surface area contributed by atoms with Gasteiger partial charge >= 0.3 is 0 Å². The maximum Gasteiger partial charge on any atom is 0.252 e. The van der Waals surface area contributed by atoms with E-state index >= 15 is 0 Å². The van der Waals surface area contributed by atoms with Crippen LogP contribution in [-0.4, -0.2) is 22.9 Å². The Morgan fingerprint density at radius 3 is 2.52 bits per heavy atom. The van der Waals surface area contributed by atoms with Crippen LogP contribution in [0.1, 0.15) is 23.2 Å². The zero-order valence-electron chi connectivity index (χ0n) is 13.2. The predicted molar refractivity (Wildman–Crippen MR) is 89.1 cm³/mol. The number of alkyl halides is 2. The Bertz CT molecular complexity index is 939. The number of halogens is 3. The van der Waals surface area contributed by atoms with E-state index in [0.717, 1.165) is 16.5 Å². The Kier molecular flexibility index (Phi) is 3.56. The van der Waals surface area contributed by atoms with Crippen LogP contribution in [0.3, 0.4) is 0 Å². The Labute approximate surface area is 141 Å². The molecule has 0 atom stereocenters. The molecule has 2 N–H and O–H groups in total. The minimum atomic E-state index is -2.66. The number of carbonyl (C=O) groups excluding carboxylic acids is 1. The monoisotopic (exact) mass is 344 g/mol. The number of nitrogens with one attached hydrogen (secondary N) is 2. The van der Waals surface area contributed by atoms with Crippen molar-refractivity contribution in [2.24, 2.45) is 0 Å². The van der Waals surface area contributed by atoms with Gasteiger partial charge in [-0.3, -0.25) is 4.79 Å². The van der Waals surface area contributed by atoms with Crippen LogP contribution >= 0.6 is 0 Å². The van der Waals surface area contributed by atoms with Gasteiger partial charge in [0.05, 0.1) is 0 Å². The van der Waals surface area contributed by atoms with Crippen LogP contribution in [0.5, 0.6) is 0 Å². The number of H-pyrrole nitrogens is 1. The minimum Gasteiger partial charge on any atom is -0.360 e. The molecule has 3 nitrogen and oxygen atoms in total. The summed E-state index contributed by atoms with van der Waals surface area (Å²) in [4.78, 5) is 15.1. The summed E-state index contributed by atoms with van der Waals surface area (Å²) in [6, 6.07) is 10.9. The van der Waals surface area contributed by atoms with Crippen molar-refractivity contribution in [3.05, 3.63) is 60.0 Å². The molecule has 1 amide bonds. The number of amides is 1. The highest BCUT2D eigenvalue weighted by Crippen LogP contribution is 2.37. The molecule has 0 saturated heterocycles. The molecule has 25 heavy (non-hydrogen) atoms. The van der Waals surface area contributed by atoms with Gasteiger partial charge in [0.25, 0.3) is 11.8 Å². The second-order valence-electron chi connectivity index (χ2n) is 6.40. The summed E-state index contributed by atoms with van der Waals surface area (Å²) in [5.74, 6) is -3.32. The van der Waals surface area contributed by atoms with Gasteiger partial charge in [-0.1, -0.05) is 12.1 Å². The van der Waals surface area contributed by atoms with E-state index in [9.17, 15) is 18.0 Å². The third-order valence-corrected chi connectivity index (χ3v) is 4.53. The van der Waals surface area contributed by atoms with E-state index in [1.807, 2.05) is 0 Å². The highest BCUT2D eigenvalue weighted by Gasteiger charge is 2.45. The van der Waals surface area contributed by atoms with Crippen molar-refractivity contribution in [1.29, 1.82) is 0 Å². The molecule has 0 spiro atoms. The van der Waals surface area contributed by atoms with Crippen LogP contribution in [0.4, 0.5) is 13.2 Å². The van der Waals surface area contributed by atoms with Crippen LogP contribution in [0.2, 0.25) is 0 Å². The largest absolute Gasteiger partial charge is 0.360 e. The Hall–Kier alpha value is -2.76. The van der Waals surface area contributed by atoms with Gasteiger partial charge < -0.3 is 10.3 Å². The second kappa shape index (κ2) is 5.65. The zero-order chi connectivity index (χ0) is 17.6. The third-order valence-electron chi connectivity index (χ3n) is 4.53. The highest BCUT2D eigenvalue weighted by molar-refractivity contribution is 5.98. The van der Waals surface area contributed by atoms with Gasteiger partial charge in [0.2, 0.25) is 0 Å². The lowest BCUT2D eigenvalue weighted by molar-refractivity contribution is -0.0901. The SMILES string of the molecule is O=C(NC1CC(F)(F)C1)c1ccc(-c2c[nH]c3cc(F)ccc23)cc1. The van der Waals surface area contributed by atoms with E-state index in [1.165, 1.54) is 12.1 Å². The first kappa shape index (κ1) is 15.7. The first-order valence-electron chi connectivity index (χ1n) is 7.97. The fourth-order valence-corrected chi connectivity index (χ4v) is 3.17. The lowest BCUT2D eigenvalue weighted by Crippen LogP contribution is -2.50. The smallest absolute Gasteiger partial charge is 0.252 e. The first-order valence-corrected chi connectivity index (χ1v) is 7.97. The molecule has 0 aliphatic heterocycles. The number of hydrogen-bond donors (Lipinski definition) is 2. The van der Waals surface area contributed by atoms with E-state index in [1.54, 1.807) is 36.5 Å². The molecule has 0 unspecified atom stereocenters. The Morgan fingerprint density at radius 2 is 1.84 bits per heavy atom. The van der Waals surface area contributed by atoms with Gasteiger partial charge in [-0.15, -0.1) is 0 Å². The van der Waals surface area contributed by atoms with Gasteiger partial charge in [-0.2, -0.15) is 0 Å². The molecule has 1 aliphatic rings. The Morgan fingerprint density at radius 1 is 1.12 bits per heavy atom. The van der Waals surface area contributed by atoms with E-state index < -0.39 is 12.0 Å². The second-order valence-corrected chi connectivity index (χ2v) is 6.40. The summed E-state index contributed by atoms with van der Waals surface area (Å²) in [6.07, 6.45) is 1.18. The summed E-state index contributed by atoms with van der Waals surface area (Å²) < 4.78 is 38.9. The molecule has 2 aromatic carbocycles. The van der Waals surface area contributed by atoms with Crippen molar-refractivity contribution in [3.63, 3.8) is 0 Å². The number of hydrogen-bond acceptors (Lipinski definition) is 1. The molecule has 1 aliphatic carbocycles. The van der Waals surface area contributed by atoms with Gasteiger partial charge in [0, 0.05) is 47.1 Å². The molecular weight excluding hydrogens is 329 g/mol. The van der Waals surface area contributed by atoms with Crippen molar-refractivity contribution in [3.8, 4) is 11.1 Å². The molecule has 1 aromatic heterocycles. The van der Waals surface area contributed by atoms with Gasteiger partial charge in [0.1, 0.15) is 5.82 Å². The average Bonchev–Trinajstić information content (AvgIpc) is 2.96. The molecule has 1 saturated carbocycles. The maximum absolute atomic E-state index is 13.3. The standard InChI is InChI=1S/C19H15F3N2O/c20-13-5-6-15-16(10-23-17(15)7-13)11-1-3-12(4-2-11)18(25)24-14-8-19(21,22)9-14/h1-7,10,14,23H,8-9H2,(H,24,25). The third kappa shape index (κ3) is 2.99. The van der Waals surface area contributed by atoms with Crippen molar-refractivity contribution in [2.45, 2.75) is 24.8 Å². The first-order chi connectivity index (χ1) is 11.9. The lowest BCUT2D eigenvalue weighted by Gasteiger charge is -2.35. The molecule has 1 fully saturated rings. The summed E-state index contributed by atoms with van der Waals surface area (Å²) >= 11 is 0. The summed E-state index contributed by atoms with van der Waals surface area (Å²) in [5, 5.41) is 3.50. The van der Waals surface area contributed by atoms with Crippen molar-refractivity contribution >= 4 is 16.8 Å².